The Morgan fingerprint density at radius 3 is 2.64 bits per heavy atom. The molecule has 0 radical (unpaired) electrons. The minimum Gasteiger partial charge on any atom is -0.485 e. The molecule has 25 heavy (non-hydrogen) atoms. The first kappa shape index (κ1) is 17.6. The van der Waals surface area contributed by atoms with Crippen LogP contribution in [0.5, 0.6) is 5.75 Å². The molecule has 4 nitrogen and oxygen atoms in total. The minimum absolute atomic E-state index is 0.257. The number of terminal acetylenes is 1. The molecule has 0 amide bonds. The lowest BCUT2D eigenvalue weighted by Gasteiger charge is -2.10. The van der Waals surface area contributed by atoms with Gasteiger partial charge in [-0.3, -0.25) is 4.40 Å². The predicted octanol–water partition coefficient (Wildman–Crippen LogP) is 4.68. The Labute approximate surface area is 156 Å². The van der Waals surface area contributed by atoms with Crippen molar-refractivity contribution in [3.63, 3.8) is 0 Å². The van der Waals surface area contributed by atoms with Gasteiger partial charge in [0.25, 0.3) is 0 Å². The van der Waals surface area contributed by atoms with Gasteiger partial charge in [0.2, 0.25) is 0 Å². The first-order valence-corrected chi connectivity index (χ1v) is 8.41. The zero-order valence-electron chi connectivity index (χ0n) is 13.6. The van der Waals surface area contributed by atoms with Crippen molar-refractivity contribution >= 4 is 28.8 Å². The number of imidazole rings is 1. The number of benzene rings is 1. The van der Waals surface area contributed by atoms with Crippen molar-refractivity contribution in [2.45, 2.75) is 20.1 Å². The molecular formula is C19H16Cl2N2O2. The number of ether oxygens (including phenoxy) is 2. The topological polar surface area (TPSA) is 35.8 Å². The molecule has 6 heteroatoms. The van der Waals surface area contributed by atoms with Gasteiger partial charge in [-0.15, -0.1) is 6.42 Å². The Bertz CT molecular complexity index is 924. The molecule has 2 aromatic heterocycles. The molecular weight excluding hydrogens is 359 g/mol. The summed E-state index contributed by atoms with van der Waals surface area (Å²) in [7, 11) is 0. The zero-order chi connectivity index (χ0) is 17.8. The van der Waals surface area contributed by atoms with Crippen molar-refractivity contribution in [3.05, 3.63) is 63.5 Å². The van der Waals surface area contributed by atoms with Crippen molar-refractivity contribution in [2.24, 2.45) is 0 Å². The Balaban J connectivity index is 1.88. The third-order valence-electron chi connectivity index (χ3n) is 3.77. The van der Waals surface area contributed by atoms with Crippen LogP contribution in [0.3, 0.4) is 0 Å². The third kappa shape index (κ3) is 3.74. The maximum absolute atomic E-state index is 6.20. The number of hydrogen-bond donors (Lipinski definition) is 0. The normalized spacial score (nSPS) is 10.8. The van der Waals surface area contributed by atoms with Crippen molar-refractivity contribution in [3.8, 4) is 18.1 Å². The minimum atomic E-state index is 0.257. The van der Waals surface area contributed by atoms with E-state index in [1.807, 2.05) is 29.7 Å². The first-order chi connectivity index (χ1) is 12.1. The summed E-state index contributed by atoms with van der Waals surface area (Å²) in [4.78, 5) is 4.59. The average molecular weight is 375 g/mol. The van der Waals surface area contributed by atoms with E-state index < -0.39 is 0 Å². The van der Waals surface area contributed by atoms with Gasteiger partial charge >= 0.3 is 0 Å². The number of nitrogens with zero attached hydrogens (tertiary/aromatic N) is 2. The quantitative estimate of drug-likeness (QED) is 0.464. The molecule has 0 fully saturated rings. The van der Waals surface area contributed by atoms with Gasteiger partial charge < -0.3 is 9.47 Å². The van der Waals surface area contributed by atoms with Crippen LogP contribution in [0.1, 0.15) is 17.0 Å². The van der Waals surface area contributed by atoms with Crippen LogP contribution in [-0.2, 0) is 18.0 Å². The van der Waals surface area contributed by atoms with E-state index in [2.05, 4.69) is 10.9 Å². The molecule has 0 spiro atoms. The van der Waals surface area contributed by atoms with E-state index in [-0.39, 0.29) is 13.2 Å². The zero-order valence-corrected chi connectivity index (χ0v) is 15.1. The third-order valence-corrected chi connectivity index (χ3v) is 4.48. The number of rotatable bonds is 6. The predicted molar refractivity (Wildman–Crippen MR) is 99.2 cm³/mol. The van der Waals surface area contributed by atoms with Gasteiger partial charge in [0.1, 0.15) is 13.2 Å². The molecule has 0 saturated heterocycles. The van der Waals surface area contributed by atoms with Crippen LogP contribution in [-0.4, -0.2) is 16.0 Å². The van der Waals surface area contributed by atoms with E-state index in [9.17, 15) is 0 Å². The maximum Gasteiger partial charge on any atom is 0.180 e. The Kier molecular flexibility index (Phi) is 5.50. The van der Waals surface area contributed by atoms with Crippen LogP contribution in [0.15, 0.2) is 36.5 Å². The second-order valence-corrected chi connectivity index (χ2v) is 6.21. The molecule has 0 saturated carbocycles. The molecule has 0 aliphatic heterocycles. The number of halogens is 2. The summed E-state index contributed by atoms with van der Waals surface area (Å²) in [6.45, 7) is 2.83. The summed E-state index contributed by atoms with van der Waals surface area (Å²) in [5, 5.41) is 1.14. The Morgan fingerprint density at radius 1 is 1.16 bits per heavy atom. The van der Waals surface area contributed by atoms with Crippen molar-refractivity contribution in [1.82, 2.24) is 9.38 Å². The van der Waals surface area contributed by atoms with E-state index in [0.29, 0.717) is 28.0 Å². The van der Waals surface area contributed by atoms with Crippen molar-refractivity contribution < 1.29 is 9.47 Å². The van der Waals surface area contributed by atoms with Crippen molar-refractivity contribution in [1.29, 1.82) is 0 Å². The fourth-order valence-electron chi connectivity index (χ4n) is 2.52. The van der Waals surface area contributed by atoms with Gasteiger partial charge in [-0.1, -0.05) is 35.2 Å². The Morgan fingerprint density at radius 2 is 1.92 bits per heavy atom. The van der Waals surface area contributed by atoms with Gasteiger partial charge in [0, 0.05) is 21.8 Å². The molecule has 1 aromatic carbocycles. The van der Waals surface area contributed by atoms with Crippen LogP contribution in [0, 0.1) is 19.3 Å². The largest absolute Gasteiger partial charge is 0.485 e. The standard InChI is InChI=1S/C19H16Cl2N2O2/c1-3-10-24-12-17-13(2)22-19-18(8-5-9-23(17)19)25-11-14-15(20)6-4-7-16(14)21/h1,4-9H,10-12H2,2H3. The number of fused-ring (bicyclic) bond motifs is 1. The van der Waals surface area contributed by atoms with Crippen molar-refractivity contribution in [2.75, 3.05) is 6.61 Å². The lowest BCUT2D eigenvalue weighted by Crippen LogP contribution is -2.01. The number of aromatic nitrogens is 2. The fourth-order valence-corrected chi connectivity index (χ4v) is 3.02. The smallest absolute Gasteiger partial charge is 0.180 e. The summed E-state index contributed by atoms with van der Waals surface area (Å²) in [6, 6.07) is 9.12. The molecule has 0 N–H and O–H groups in total. The molecule has 2 heterocycles. The van der Waals surface area contributed by atoms with E-state index in [1.165, 1.54) is 0 Å². The van der Waals surface area contributed by atoms with E-state index in [0.717, 1.165) is 17.0 Å². The van der Waals surface area contributed by atoms with Crippen LogP contribution >= 0.6 is 23.2 Å². The summed E-state index contributed by atoms with van der Waals surface area (Å²) in [5.41, 5.74) is 3.26. The maximum atomic E-state index is 6.20. The van der Waals surface area contributed by atoms with Gasteiger partial charge in [-0.2, -0.15) is 0 Å². The van der Waals surface area contributed by atoms with Crippen LogP contribution < -0.4 is 4.74 Å². The number of hydrogen-bond acceptors (Lipinski definition) is 3. The fraction of sp³-hybridized carbons (Fsp3) is 0.211. The number of pyridine rings is 1. The summed E-state index contributed by atoms with van der Waals surface area (Å²) >= 11 is 12.4. The molecule has 0 bridgehead atoms. The highest BCUT2D eigenvalue weighted by molar-refractivity contribution is 6.35. The molecule has 3 aromatic rings. The highest BCUT2D eigenvalue weighted by Crippen LogP contribution is 2.28. The van der Waals surface area contributed by atoms with Crippen LogP contribution in [0.25, 0.3) is 5.65 Å². The summed E-state index contributed by atoms with van der Waals surface area (Å²) in [5.74, 6) is 3.10. The average Bonchev–Trinajstić information content (AvgIpc) is 2.91. The molecule has 0 aliphatic carbocycles. The number of aryl methyl sites for hydroxylation is 1. The van der Waals surface area contributed by atoms with Gasteiger partial charge in [-0.25, -0.2) is 4.98 Å². The van der Waals surface area contributed by atoms with Gasteiger partial charge in [-0.05, 0) is 31.2 Å². The van der Waals surface area contributed by atoms with E-state index >= 15 is 0 Å². The first-order valence-electron chi connectivity index (χ1n) is 7.65. The monoisotopic (exact) mass is 374 g/mol. The lowest BCUT2D eigenvalue weighted by molar-refractivity contribution is 0.149. The highest BCUT2D eigenvalue weighted by Gasteiger charge is 2.14. The molecule has 0 unspecified atom stereocenters. The molecule has 0 atom stereocenters. The van der Waals surface area contributed by atoms with Gasteiger partial charge in [0.15, 0.2) is 11.4 Å². The van der Waals surface area contributed by atoms with E-state index in [4.69, 9.17) is 39.1 Å². The molecule has 0 aliphatic rings. The van der Waals surface area contributed by atoms with Crippen LogP contribution in [0.2, 0.25) is 10.0 Å². The highest BCUT2D eigenvalue weighted by atomic mass is 35.5. The second-order valence-electron chi connectivity index (χ2n) is 5.40. The molecule has 128 valence electrons. The summed E-state index contributed by atoms with van der Waals surface area (Å²) < 4.78 is 13.3. The molecule has 3 rings (SSSR count). The SMILES string of the molecule is C#CCOCc1c(C)nc2c(OCc3c(Cl)cccc3Cl)cccn12. The Hall–Kier alpha value is -2.19. The van der Waals surface area contributed by atoms with E-state index in [1.54, 1.807) is 18.2 Å². The van der Waals surface area contributed by atoms with Gasteiger partial charge in [0.05, 0.1) is 18.0 Å². The van der Waals surface area contributed by atoms with Crippen LogP contribution in [0.4, 0.5) is 0 Å². The second kappa shape index (κ2) is 7.79. The summed E-state index contributed by atoms with van der Waals surface area (Å²) in [6.07, 6.45) is 7.14. The lowest BCUT2D eigenvalue weighted by atomic mass is 10.2.